The van der Waals surface area contributed by atoms with Gasteiger partial charge in [0.25, 0.3) is 0 Å². The monoisotopic (exact) mass is 247 g/mol. The molecule has 0 unspecified atom stereocenters. The van der Waals surface area contributed by atoms with Gasteiger partial charge in [0.15, 0.2) is 0 Å². The van der Waals surface area contributed by atoms with Crippen molar-refractivity contribution in [3.05, 3.63) is 29.8 Å². The normalized spacial score (nSPS) is 12.6. The first-order valence-corrected chi connectivity index (χ1v) is 5.46. The molecule has 0 aliphatic rings. The molecule has 96 valence electrons. The van der Waals surface area contributed by atoms with E-state index in [1.165, 1.54) is 18.2 Å². The standard InChI is InChI=1S/C12H16F3NO/c1-3-11(16,4-2)9-6-5-7-10(8-9)17-12(13,14)15/h5-8H,3-4,16H2,1-2H3. The molecular formula is C12H16F3NO. The van der Waals surface area contributed by atoms with Gasteiger partial charge in [0.05, 0.1) is 0 Å². The molecule has 0 fully saturated rings. The second-order valence-corrected chi connectivity index (χ2v) is 3.94. The molecule has 0 heterocycles. The molecule has 0 saturated heterocycles. The second kappa shape index (κ2) is 4.96. The summed E-state index contributed by atoms with van der Waals surface area (Å²) >= 11 is 0. The lowest BCUT2D eigenvalue weighted by Gasteiger charge is -2.27. The maximum atomic E-state index is 12.1. The van der Waals surface area contributed by atoms with Crippen molar-refractivity contribution in [2.45, 2.75) is 38.6 Å². The minimum absolute atomic E-state index is 0.230. The van der Waals surface area contributed by atoms with Crippen LogP contribution in [0.3, 0.4) is 0 Å². The van der Waals surface area contributed by atoms with Crippen molar-refractivity contribution in [3.63, 3.8) is 0 Å². The number of alkyl halides is 3. The van der Waals surface area contributed by atoms with E-state index in [2.05, 4.69) is 4.74 Å². The summed E-state index contributed by atoms with van der Waals surface area (Å²) in [4.78, 5) is 0. The minimum Gasteiger partial charge on any atom is -0.406 e. The number of hydrogen-bond acceptors (Lipinski definition) is 2. The van der Waals surface area contributed by atoms with E-state index in [9.17, 15) is 13.2 Å². The molecule has 2 N–H and O–H groups in total. The Labute approximate surface area is 98.6 Å². The first kappa shape index (κ1) is 13.8. The number of nitrogens with two attached hydrogens (primary N) is 1. The fourth-order valence-corrected chi connectivity index (χ4v) is 1.66. The van der Waals surface area contributed by atoms with Gasteiger partial charge in [-0.3, -0.25) is 0 Å². The summed E-state index contributed by atoms with van der Waals surface area (Å²) in [6.07, 6.45) is -3.37. The first-order chi connectivity index (χ1) is 7.80. The number of ether oxygens (including phenoxy) is 1. The highest BCUT2D eigenvalue weighted by Gasteiger charge is 2.32. The molecule has 0 amide bonds. The first-order valence-electron chi connectivity index (χ1n) is 5.46. The van der Waals surface area contributed by atoms with Crippen LogP contribution in [0.25, 0.3) is 0 Å². The molecule has 17 heavy (non-hydrogen) atoms. The predicted molar refractivity (Wildman–Crippen MR) is 59.6 cm³/mol. The average molecular weight is 247 g/mol. The van der Waals surface area contributed by atoms with Crippen molar-refractivity contribution >= 4 is 0 Å². The number of halogens is 3. The van der Waals surface area contributed by atoms with E-state index in [1.807, 2.05) is 13.8 Å². The van der Waals surface area contributed by atoms with E-state index in [0.717, 1.165) is 0 Å². The van der Waals surface area contributed by atoms with Crippen LogP contribution in [0.1, 0.15) is 32.3 Å². The Balaban J connectivity index is 3.01. The molecule has 0 aliphatic heterocycles. The molecule has 0 saturated carbocycles. The van der Waals surface area contributed by atoms with Crippen LogP contribution in [0.4, 0.5) is 13.2 Å². The van der Waals surface area contributed by atoms with Gasteiger partial charge in [0.2, 0.25) is 0 Å². The van der Waals surface area contributed by atoms with E-state index in [4.69, 9.17) is 5.73 Å². The quantitative estimate of drug-likeness (QED) is 0.882. The Morgan fingerprint density at radius 1 is 1.18 bits per heavy atom. The highest BCUT2D eigenvalue weighted by Crippen LogP contribution is 2.30. The van der Waals surface area contributed by atoms with Crippen molar-refractivity contribution in [1.82, 2.24) is 0 Å². The zero-order valence-corrected chi connectivity index (χ0v) is 9.84. The summed E-state index contributed by atoms with van der Waals surface area (Å²) in [6, 6.07) is 5.85. The van der Waals surface area contributed by atoms with Crippen LogP contribution in [0.2, 0.25) is 0 Å². The molecule has 0 spiro atoms. The van der Waals surface area contributed by atoms with E-state index >= 15 is 0 Å². The third-order valence-electron chi connectivity index (χ3n) is 2.90. The van der Waals surface area contributed by atoms with Crippen LogP contribution in [0.15, 0.2) is 24.3 Å². The molecule has 1 rings (SSSR count). The van der Waals surface area contributed by atoms with Gasteiger partial charge >= 0.3 is 6.36 Å². The molecule has 5 heteroatoms. The number of benzene rings is 1. The zero-order valence-electron chi connectivity index (χ0n) is 9.84. The minimum atomic E-state index is -4.67. The topological polar surface area (TPSA) is 35.2 Å². The average Bonchev–Trinajstić information content (AvgIpc) is 2.26. The Bertz CT molecular complexity index is 372. The second-order valence-electron chi connectivity index (χ2n) is 3.94. The summed E-state index contributed by atoms with van der Waals surface area (Å²) in [5, 5.41) is 0. The van der Waals surface area contributed by atoms with Gasteiger partial charge in [-0.25, -0.2) is 0 Å². The van der Waals surface area contributed by atoms with Crippen molar-refractivity contribution in [3.8, 4) is 5.75 Å². The fraction of sp³-hybridized carbons (Fsp3) is 0.500. The maximum absolute atomic E-state index is 12.1. The zero-order chi connectivity index (χ0) is 13.1. The van der Waals surface area contributed by atoms with Crippen LogP contribution in [-0.4, -0.2) is 6.36 Å². The van der Waals surface area contributed by atoms with Gasteiger partial charge in [-0.15, -0.1) is 13.2 Å². The van der Waals surface area contributed by atoms with Crippen LogP contribution in [0.5, 0.6) is 5.75 Å². The van der Waals surface area contributed by atoms with E-state index in [1.54, 1.807) is 6.07 Å². The van der Waals surface area contributed by atoms with Crippen LogP contribution in [-0.2, 0) is 5.54 Å². The van der Waals surface area contributed by atoms with Gasteiger partial charge in [0.1, 0.15) is 5.75 Å². The van der Waals surface area contributed by atoms with Gasteiger partial charge < -0.3 is 10.5 Å². The molecule has 0 bridgehead atoms. The molecule has 0 aliphatic carbocycles. The highest BCUT2D eigenvalue weighted by atomic mass is 19.4. The number of rotatable bonds is 4. The smallest absolute Gasteiger partial charge is 0.406 e. The lowest BCUT2D eigenvalue weighted by molar-refractivity contribution is -0.274. The van der Waals surface area contributed by atoms with Crippen molar-refractivity contribution < 1.29 is 17.9 Å². The summed E-state index contributed by atoms with van der Waals surface area (Å²) in [5.41, 5.74) is 6.16. The molecular weight excluding hydrogens is 231 g/mol. The molecule has 0 aromatic heterocycles. The Kier molecular flexibility index (Phi) is 4.03. The largest absolute Gasteiger partial charge is 0.573 e. The highest BCUT2D eigenvalue weighted by molar-refractivity contribution is 5.33. The van der Waals surface area contributed by atoms with E-state index in [0.29, 0.717) is 18.4 Å². The summed E-state index contributed by atoms with van der Waals surface area (Å²) in [6.45, 7) is 3.81. The maximum Gasteiger partial charge on any atom is 0.573 e. The van der Waals surface area contributed by atoms with Gasteiger partial charge in [-0.05, 0) is 30.5 Å². The van der Waals surface area contributed by atoms with Crippen molar-refractivity contribution in [2.75, 3.05) is 0 Å². The third-order valence-corrected chi connectivity index (χ3v) is 2.90. The summed E-state index contributed by atoms with van der Waals surface area (Å²) < 4.78 is 40.1. The molecule has 0 atom stereocenters. The summed E-state index contributed by atoms with van der Waals surface area (Å²) in [5.74, 6) is -0.230. The van der Waals surface area contributed by atoms with Crippen LogP contribution >= 0.6 is 0 Å². The SMILES string of the molecule is CCC(N)(CC)c1cccc(OC(F)(F)F)c1. The lowest BCUT2D eigenvalue weighted by atomic mass is 9.86. The molecule has 2 nitrogen and oxygen atoms in total. The van der Waals surface area contributed by atoms with Crippen LogP contribution in [0, 0.1) is 0 Å². The van der Waals surface area contributed by atoms with E-state index < -0.39 is 11.9 Å². The Morgan fingerprint density at radius 3 is 2.24 bits per heavy atom. The molecule has 1 aromatic rings. The fourth-order valence-electron chi connectivity index (χ4n) is 1.66. The summed E-state index contributed by atoms with van der Waals surface area (Å²) in [7, 11) is 0. The van der Waals surface area contributed by atoms with Gasteiger partial charge in [0, 0.05) is 5.54 Å². The van der Waals surface area contributed by atoms with Crippen LogP contribution < -0.4 is 10.5 Å². The van der Waals surface area contributed by atoms with Gasteiger partial charge in [-0.2, -0.15) is 0 Å². The van der Waals surface area contributed by atoms with Crippen molar-refractivity contribution in [2.24, 2.45) is 5.73 Å². The third kappa shape index (κ3) is 3.63. The lowest BCUT2D eigenvalue weighted by Crippen LogP contribution is -2.35. The molecule has 1 aromatic carbocycles. The van der Waals surface area contributed by atoms with E-state index in [-0.39, 0.29) is 5.75 Å². The van der Waals surface area contributed by atoms with Gasteiger partial charge in [-0.1, -0.05) is 26.0 Å². The Hall–Kier alpha value is -1.23. The predicted octanol–water partition coefficient (Wildman–Crippen LogP) is 3.56. The molecule has 0 radical (unpaired) electrons. The Morgan fingerprint density at radius 2 is 1.76 bits per heavy atom. The number of hydrogen-bond donors (Lipinski definition) is 1. The van der Waals surface area contributed by atoms with Crippen molar-refractivity contribution in [1.29, 1.82) is 0 Å².